The number of nitrogens with one attached hydrogen (secondary N) is 1. The molecule has 4 nitrogen and oxygen atoms in total. The van der Waals surface area contributed by atoms with Crippen LogP contribution < -0.4 is 5.32 Å². The molecule has 0 saturated heterocycles. The van der Waals surface area contributed by atoms with Crippen molar-refractivity contribution in [1.82, 2.24) is 0 Å². The van der Waals surface area contributed by atoms with Crippen LogP contribution in [0.5, 0.6) is 0 Å². The topological polar surface area (TPSA) is 66.4 Å². The zero-order valence-corrected chi connectivity index (χ0v) is 9.43. The Kier molecular flexibility index (Phi) is 4.77. The number of aliphatic carboxylic acids is 1. The summed E-state index contributed by atoms with van der Waals surface area (Å²) in [6, 6.07) is 6.97. The summed E-state index contributed by atoms with van der Waals surface area (Å²) in [6.07, 6.45) is 0.566. The van der Waals surface area contributed by atoms with E-state index in [2.05, 4.69) is 17.2 Å². The third kappa shape index (κ3) is 3.99. The maximum atomic E-state index is 10.7. The Bertz CT molecular complexity index is 454. The summed E-state index contributed by atoms with van der Waals surface area (Å²) in [5, 5.41) is 11.3. The molecule has 0 aliphatic rings. The molecule has 0 saturated carbocycles. The molecule has 0 aliphatic carbocycles. The normalized spacial score (nSPS) is 10.9. The van der Waals surface area contributed by atoms with Crippen LogP contribution in [0.4, 0.5) is 5.69 Å². The third-order valence-corrected chi connectivity index (χ3v) is 2.24. The van der Waals surface area contributed by atoms with Gasteiger partial charge in [-0.05, 0) is 24.6 Å². The molecular weight excluding hydrogens is 218 g/mol. The molecule has 1 unspecified atom stereocenters. The highest BCUT2D eigenvalue weighted by atomic mass is 16.4. The van der Waals surface area contributed by atoms with Gasteiger partial charge in [0.05, 0.1) is 12.3 Å². The number of carbonyl (C=O) groups is 2. The van der Waals surface area contributed by atoms with Crippen molar-refractivity contribution in [3.8, 4) is 11.8 Å². The smallest absolute Gasteiger partial charge is 0.304 e. The van der Waals surface area contributed by atoms with Crippen molar-refractivity contribution in [1.29, 1.82) is 0 Å². The molecule has 1 aromatic carbocycles. The number of benzene rings is 1. The zero-order valence-electron chi connectivity index (χ0n) is 9.43. The Balaban J connectivity index is 2.89. The summed E-state index contributed by atoms with van der Waals surface area (Å²) < 4.78 is 0. The van der Waals surface area contributed by atoms with Gasteiger partial charge in [0.25, 0.3) is 0 Å². The molecule has 0 aliphatic heterocycles. The molecule has 2 N–H and O–H groups in total. The number of anilines is 1. The van der Waals surface area contributed by atoms with E-state index in [1.807, 2.05) is 0 Å². The van der Waals surface area contributed by atoms with E-state index in [9.17, 15) is 9.59 Å². The standard InChI is InChI=1S/C13H13NO3/c1-2-3-11(8-13(16)17)10-4-6-12(7-5-10)14-9-15/h4-7,9,11H,8H2,1H3,(H,14,15)(H,16,17). The Labute approximate surface area is 99.7 Å². The Morgan fingerprint density at radius 1 is 1.47 bits per heavy atom. The van der Waals surface area contributed by atoms with Gasteiger partial charge >= 0.3 is 5.97 Å². The molecule has 1 rings (SSSR count). The number of hydrogen-bond donors (Lipinski definition) is 2. The van der Waals surface area contributed by atoms with Gasteiger partial charge in [-0.2, -0.15) is 0 Å². The maximum absolute atomic E-state index is 10.7. The summed E-state index contributed by atoms with van der Waals surface area (Å²) in [6.45, 7) is 1.68. The number of carboxylic acid groups (broad SMARTS) is 1. The lowest BCUT2D eigenvalue weighted by Gasteiger charge is -2.09. The average molecular weight is 231 g/mol. The van der Waals surface area contributed by atoms with Crippen LogP contribution in [0.15, 0.2) is 24.3 Å². The second-order valence-electron chi connectivity index (χ2n) is 3.43. The molecule has 0 bridgehead atoms. The Hall–Kier alpha value is -2.28. The largest absolute Gasteiger partial charge is 0.481 e. The predicted molar refractivity (Wildman–Crippen MR) is 64.6 cm³/mol. The van der Waals surface area contributed by atoms with Gasteiger partial charge in [0.1, 0.15) is 0 Å². The molecule has 1 amide bonds. The van der Waals surface area contributed by atoms with Gasteiger partial charge in [-0.1, -0.05) is 18.1 Å². The summed E-state index contributed by atoms with van der Waals surface area (Å²) in [5.74, 6) is 4.39. The molecule has 4 heteroatoms. The van der Waals surface area contributed by atoms with E-state index in [4.69, 9.17) is 5.11 Å². The van der Waals surface area contributed by atoms with Crippen molar-refractivity contribution in [2.24, 2.45) is 0 Å². The van der Waals surface area contributed by atoms with Gasteiger partial charge in [-0.15, -0.1) is 5.92 Å². The predicted octanol–water partition coefficient (Wildman–Crippen LogP) is 1.84. The second-order valence-corrected chi connectivity index (χ2v) is 3.43. The monoisotopic (exact) mass is 231 g/mol. The molecule has 1 atom stereocenters. The van der Waals surface area contributed by atoms with E-state index in [0.29, 0.717) is 12.1 Å². The van der Waals surface area contributed by atoms with Crippen molar-refractivity contribution < 1.29 is 14.7 Å². The summed E-state index contributed by atoms with van der Waals surface area (Å²) >= 11 is 0. The molecule has 17 heavy (non-hydrogen) atoms. The first kappa shape index (κ1) is 12.8. The maximum Gasteiger partial charge on any atom is 0.304 e. The van der Waals surface area contributed by atoms with Gasteiger partial charge < -0.3 is 10.4 Å². The average Bonchev–Trinajstić information content (AvgIpc) is 2.29. The Morgan fingerprint density at radius 3 is 2.59 bits per heavy atom. The van der Waals surface area contributed by atoms with Gasteiger partial charge in [0.15, 0.2) is 0 Å². The highest BCUT2D eigenvalue weighted by Gasteiger charge is 2.12. The number of hydrogen-bond acceptors (Lipinski definition) is 2. The van der Waals surface area contributed by atoms with E-state index in [1.165, 1.54) is 0 Å². The van der Waals surface area contributed by atoms with Gasteiger partial charge in [0, 0.05) is 5.69 Å². The summed E-state index contributed by atoms with van der Waals surface area (Å²) in [7, 11) is 0. The van der Waals surface area contributed by atoms with Crippen LogP contribution in [0.25, 0.3) is 0 Å². The van der Waals surface area contributed by atoms with Crippen molar-refractivity contribution in [2.75, 3.05) is 5.32 Å². The van der Waals surface area contributed by atoms with Crippen LogP contribution in [-0.4, -0.2) is 17.5 Å². The van der Waals surface area contributed by atoms with E-state index >= 15 is 0 Å². The third-order valence-electron chi connectivity index (χ3n) is 2.24. The second kappa shape index (κ2) is 6.33. The first-order valence-electron chi connectivity index (χ1n) is 5.11. The van der Waals surface area contributed by atoms with Crippen LogP contribution in [0.2, 0.25) is 0 Å². The van der Waals surface area contributed by atoms with Gasteiger partial charge in [0.2, 0.25) is 6.41 Å². The number of carbonyl (C=O) groups excluding carboxylic acids is 1. The fourth-order valence-electron chi connectivity index (χ4n) is 1.48. The lowest BCUT2D eigenvalue weighted by atomic mass is 9.96. The first-order chi connectivity index (χ1) is 8.17. The van der Waals surface area contributed by atoms with E-state index in [1.54, 1.807) is 31.2 Å². The first-order valence-corrected chi connectivity index (χ1v) is 5.11. The van der Waals surface area contributed by atoms with Gasteiger partial charge in [-0.3, -0.25) is 9.59 Å². The molecule has 0 radical (unpaired) electrons. The van der Waals surface area contributed by atoms with Crippen molar-refractivity contribution in [2.45, 2.75) is 19.3 Å². The number of amides is 1. The SMILES string of the molecule is CC#CC(CC(=O)O)c1ccc(NC=O)cc1. The van der Waals surface area contributed by atoms with E-state index in [-0.39, 0.29) is 12.3 Å². The summed E-state index contributed by atoms with van der Waals surface area (Å²) in [5.41, 5.74) is 1.50. The van der Waals surface area contributed by atoms with E-state index < -0.39 is 5.97 Å². The van der Waals surface area contributed by atoms with Crippen molar-refractivity contribution >= 4 is 18.1 Å². The molecule has 0 fully saturated rings. The Morgan fingerprint density at radius 2 is 2.12 bits per heavy atom. The summed E-state index contributed by atoms with van der Waals surface area (Å²) in [4.78, 5) is 20.9. The molecule has 1 aromatic rings. The zero-order chi connectivity index (χ0) is 12.7. The fraction of sp³-hybridized carbons (Fsp3) is 0.231. The molecule has 0 aromatic heterocycles. The molecular formula is C13H13NO3. The van der Waals surface area contributed by atoms with Crippen LogP contribution in [-0.2, 0) is 9.59 Å². The quantitative estimate of drug-likeness (QED) is 0.600. The fourth-order valence-corrected chi connectivity index (χ4v) is 1.48. The minimum absolute atomic E-state index is 0.0265. The van der Waals surface area contributed by atoms with Crippen LogP contribution in [0.3, 0.4) is 0 Å². The van der Waals surface area contributed by atoms with Crippen molar-refractivity contribution in [3.63, 3.8) is 0 Å². The van der Waals surface area contributed by atoms with Crippen molar-refractivity contribution in [3.05, 3.63) is 29.8 Å². The van der Waals surface area contributed by atoms with Crippen LogP contribution in [0.1, 0.15) is 24.8 Å². The minimum Gasteiger partial charge on any atom is -0.481 e. The molecule has 0 heterocycles. The highest BCUT2D eigenvalue weighted by Crippen LogP contribution is 2.20. The number of carboxylic acids is 1. The minimum atomic E-state index is -0.882. The lowest BCUT2D eigenvalue weighted by molar-refractivity contribution is -0.137. The molecule has 88 valence electrons. The number of rotatable bonds is 5. The van der Waals surface area contributed by atoms with E-state index in [0.717, 1.165) is 5.56 Å². The van der Waals surface area contributed by atoms with Gasteiger partial charge in [-0.25, -0.2) is 0 Å². The highest BCUT2D eigenvalue weighted by molar-refractivity contribution is 5.71. The lowest BCUT2D eigenvalue weighted by Crippen LogP contribution is -2.04. The van der Waals surface area contributed by atoms with Crippen LogP contribution in [0, 0.1) is 11.8 Å². The van der Waals surface area contributed by atoms with Crippen LogP contribution >= 0.6 is 0 Å². The molecule has 0 spiro atoms.